The second kappa shape index (κ2) is 5.79. The number of imidazole rings is 1. The number of hydrogen-bond donors (Lipinski definition) is 0. The Bertz CT molecular complexity index is 560. The Morgan fingerprint density at radius 3 is 3.05 bits per heavy atom. The maximum absolute atomic E-state index is 5.14. The van der Waals surface area contributed by atoms with E-state index in [9.17, 15) is 0 Å². The quantitative estimate of drug-likeness (QED) is 0.857. The topological polar surface area (TPSA) is 47.1 Å². The van der Waals surface area contributed by atoms with Gasteiger partial charge in [-0.15, -0.1) is 0 Å². The molecule has 5 nitrogen and oxygen atoms in total. The maximum Gasteiger partial charge on any atom is 0.133 e. The first-order chi connectivity index (χ1) is 9.70. The van der Waals surface area contributed by atoms with Gasteiger partial charge in [-0.05, 0) is 32.2 Å². The van der Waals surface area contributed by atoms with Crippen LogP contribution in [-0.4, -0.2) is 32.7 Å². The minimum atomic E-state index is 0.692. The van der Waals surface area contributed by atoms with Crippen molar-refractivity contribution < 1.29 is 4.52 Å². The fourth-order valence-corrected chi connectivity index (χ4v) is 3.03. The number of rotatable bonds is 4. The van der Waals surface area contributed by atoms with E-state index in [1.54, 1.807) is 0 Å². The van der Waals surface area contributed by atoms with E-state index in [2.05, 4.69) is 26.7 Å². The summed E-state index contributed by atoms with van der Waals surface area (Å²) in [6, 6.07) is 2.03. The van der Waals surface area contributed by atoms with Crippen molar-refractivity contribution in [3.05, 3.63) is 35.7 Å². The molecule has 108 valence electrons. The molecule has 0 radical (unpaired) electrons. The SMILES string of the molecule is Cc1cc(CN2CCCC(Cc3nccn3C)C2)no1. The molecule has 1 atom stereocenters. The molecule has 2 aromatic heterocycles. The van der Waals surface area contributed by atoms with Crippen LogP contribution in [-0.2, 0) is 20.0 Å². The van der Waals surface area contributed by atoms with Gasteiger partial charge in [0.25, 0.3) is 0 Å². The van der Waals surface area contributed by atoms with Gasteiger partial charge in [-0.2, -0.15) is 0 Å². The van der Waals surface area contributed by atoms with Gasteiger partial charge in [0.15, 0.2) is 0 Å². The molecule has 0 bridgehead atoms. The summed E-state index contributed by atoms with van der Waals surface area (Å²) in [7, 11) is 2.07. The molecule has 1 saturated heterocycles. The summed E-state index contributed by atoms with van der Waals surface area (Å²) < 4.78 is 7.27. The average molecular weight is 274 g/mol. The number of aryl methyl sites for hydroxylation is 2. The van der Waals surface area contributed by atoms with Crippen LogP contribution in [0.3, 0.4) is 0 Å². The van der Waals surface area contributed by atoms with E-state index in [4.69, 9.17) is 4.52 Å². The predicted octanol–water partition coefficient (Wildman–Crippen LogP) is 2.17. The number of nitrogens with zero attached hydrogens (tertiary/aromatic N) is 4. The normalized spacial score (nSPS) is 20.4. The number of aromatic nitrogens is 3. The van der Waals surface area contributed by atoms with Gasteiger partial charge < -0.3 is 9.09 Å². The summed E-state index contributed by atoms with van der Waals surface area (Å²) in [5, 5.41) is 4.09. The number of hydrogen-bond acceptors (Lipinski definition) is 4. The minimum Gasteiger partial charge on any atom is -0.361 e. The predicted molar refractivity (Wildman–Crippen MR) is 76.2 cm³/mol. The van der Waals surface area contributed by atoms with Crippen LogP contribution in [0.1, 0.15) is 30.1 Å². The summed E-state index contributed by atoms with van der Waals surface area (Å²) in [6.07, 6.45) is 7.52. The lowest BCUT2D eigenvalue weighted by Gasteiger charge is -2.32. The molecule has 1 aliphatic heterocycles. The van der Waals surface area contributed by atoms with Crippen LogP contribution in [0.15, 0.2) is 23.0 Å². The fourth-order valence-electron chi connectivity index (χ4n) is 3.03. The molecular formula is C15H22N4O. The molecule has 0 spiro atoms. The van der Waals surface area contributed by atoms with Crippen molar-refractivity contribution in [1.29, 1.82) is 0 Å². The van der Waals surface area contributed by atoms with Crippen molar-refractivity contribution in [3.8, 4) is 0 Å². The summed E-state index contributed by atoms with van der Waals surface area (Å²) in [5.74, 6) is 2.77. The first-order valence-electron chi connectivity index (χ1n) is 7.31. The lowest BCUT2D eigenvalue weighted by atomic mass is 9.94. The van der Waals surface area contributed by atoms with E-state index >= 15 is 0 Å². The molecule has 0 amide bonds. The van der Waals surface area contributed by atoms with E-state index in [0.717, 1.165) is 37.5 Å². The van der Waals surface area contributed by atoms with Gasteiger partial charge in [0, 0.05) is 45.0 Å². The van der Waals surface area contributed by atoms with Gasteiger partial charge in [0.2, 0.25) is 0 Å². The highest BCUT2D eigenvalue weighted by molar-refractivity contribution is 5.03. The highest BCUT2D eigenvalue weighted by Gasteiger charge is 2.22. The van der Waals surface area contributed by atoms with E-state index in [-0.39, 0.29) is 0 Å². The zero-order chi connectivity index (χ0) is 13.9. The Balaban J connectivity index is 1.57. The maximum atomic E-state index is 5.14. The molecule has 1 unspecified atom stereocenters. The van der Waals surface area contributed by atoms with Crippen LogP contribution in [0.25, 0.3) is 0 Å². The molecule has 0 aliphatic carbocycles. The molecule has 3 rings (SSSR count). The second-order valence-electron chi connectivity index (χ2n) is 5.83. The zero-order valence-corrected chi connectivity index (χ0v) is 12.2. The first-order valence-corrected chi connectivity index (χ1v) is 7.31. The van der Waals surface area contributed by atoms with Crippen molar-refractivity contribution in [3.63, 3.8) is 0 Å². The molecule has 20 heavy (non-hydrogen) atoms. The van der Waals surface area contributed by atoms with E-state index in [0.29, 0.717) is 5.92 Å². The lowest BCUT2D eigenvalue weighted by molar-refractivity contribution is 0.161. The Hall–Kier alpha value is -1.62. The van der Waals surface area contributed by atoms with Gasteiger partial charge in [-0.1, -0.05) is 5.16 Å². The van der Waals surface area contributed by atoms with Crippen LogP contribution in [0.5, 0.6) is 0 Å². The molecular weight excluding hydrogens is 252 g/mol. The molecule has 2 aromatic rings. The third-order valence-electron chi connectivity index (χ3n) is 4.06. The van der Waals surface area contributed by atoms with Crippen LogP contribution >= 0.6 is 0 Å². The standard InChI is InChI=1S/C15H22N4O/c1-12-8-14(17-20-12)11-19-6-3-4-13(10-19)9-15-16-5-7-18(15)2/h5,7-8,13H,3-4,6,9-11H2,1-2H3. The van der Waals surface area contributed by atoms with Crippen LogP contribution < -0.4 is 0 Å². The van der Waals surface area contributed by atoms with Gasteiger partial charge in [-0.3, -0.25) is 4.90 Å². The highest BCUT2D eigenvalue weighted by Crippen LogP contribution is 2.21. The Kier molecular flexibility index (Phi) is 3.87. The fraction of sp³-hybridized carbons (Fsp3) is 0.600. The molecule has 0 N–H and O–H groups in total. The average Bonchev–Trinajstić information content (AvgIpc) is 3.00. The number of likely N-dealkylation sites (tertiary alicyclic amines) is 1. The number of piperidine rings is 1. The van der Waals surface area contributed by atoms with Crippen molar-refractivity contribution in [2.75, 3.05) is 13.1 Å². The van der Waals surface area contributed by atoms with Crippen molar-refractivity contribution in [2.24, 2.45) is 13.0 Å². The smallest absolute Gasteiger partial charge is 0.133 e. The second-order valence-corrected chi connectivity index (χ2v) is 5.83. The molecule has 3 heterocycles. The van der Waals surface area contributed by atoms with Crippen molar-refractivity contribution >= 4 is 0 Å². The van der Waals surface area contributed by atoms with E-state index < -0.39 is 0 Å². The molecule has 5 heteroatoms. The summed E-state index contributed by atoms with van der Waals surface area (Å²) >= 11 is 0. The summed E-state index contributed by atoms with van der Waals surface area (Å²) in [6.45, 7) is 5.12. The molecule has 1 aliphatic rings. The van der Waals surface area contributed by atoms with Crippen LogP contribution in [0.2, 0.25) is 0 Å². The van der Waals surface area contributed by atoms with Crippen LogP contribution in [0.4, 0.5) is 0 Å². The van der Waals surface area contributed by atoms with Crippen LogP contribution in [0, 0.1) is 12.8 Å². The third-order valence-corrected chi connectivity index (χ3v) is 4.06. The van der Waals surface area contributed by atoms with Gasteiger partial charge in [0.1, 0.15) is 11.6 Å². The zero-order valence-electron chi connectivity index (χ0n) is 12.2. The monoisotopic (exact) mass is 274 g/mol. The van der Waals surface area contributed by atoms with Gasteiger partial charge in [0.05, 0.1) is 5.69 Å². The molecule has 0 saturated carbocycles. The summed E-state index contributed by atoms with van der Waals surface area (Å²) in [5.41, 5.74) is 1.04. The molecule has 0 aromatic carbocycles. The van der Waals surface area contributed by atoms with Crippen molar-refractivity contribution in [1.82, 2.24) is 19.6 Å². The Morgan fingerprint density at radius 2 is 2.35 bits per heavy atom. The van der Waals surface area contributed by atoms with Gasteiger partial charge in [-0.25, -0.2) is 4.98 Å². The van der Waals surface area contributed by atoms with E-state index in [1.165, 1.54) is 18.7 Å². The third kappa shape index (κ3) is 3.10. The highest BCUT2D eigenvalue weighted by atomic mass is 16.5. The first kappa shape index (κ1) is 13.4. The Labute approximate surface area is 119 Å². The largest absolute Gasteiger partial charge is 0.361 e. The van der Waals surface area contributed by atoms with Gasteiger partial charge >= 0.3 is 0 Å². The summed E-state index contributed by atoms with van der Waals surface area (Å²) in [4.78, 5) is 6.92. The lowest BCUT2D eigenvalue weighted by Crippen LogP contribution is -2.36. The van der Waals surface area contributed by atoms with E-state index in [1.807, 2.05) is 25.4 Å². The Morgan fingerprint density at radius 1 is 1.45 bits per heavy atom. The van der Waals surface area contributed by atoms with Crippen molar-refractivity contribution in [2.45, 2.75) is 32.7 Å². The molecule has 1 fully saturated rings. The minimum absolute atomic E-state index is 0.692.